The van der Waals surface area contributed by atoms with Crippen LogP contribution in [0.3, 0.4) is 0 Å². The summed E-state index contributed by atoms with van der Waals surface area (Å²) in [5.41, 5.74) is -3.64. The molecule has 1 fully saturated rings. The summed E-state index contributed by atoms with van der Waals surface area (Å²) in [4.78, 5) is 30.0. The van der Waals surface area contributed by atoms with Crippen molar-refractivity contribution in [2.24, 2.45) is 16.8 Å². The van der Waals surface area contributed by atoms with Crippen LogP contribution in [0, 0.1) is 11.8 Å². The molecule has 2 amide bonds. The van der Waals surface area contributed by atoms with Gasteiger partial charge >= 0.3 is 24.1 Å². The van der Waals surface area contributed by atoms with Gasteiger partial charge in [-0.2, -0.15) is 0 Å². The molecule has 1 aliphatic heterocycles. The van der Waals surface area contributed by atoms with Gasteiger partial charge in [-0.15, -0.1) is 4.90 Å². The zero-order chi connectivity index (χ0) is 22.4. The Kier molecular flexibility index (Phi) is 5.95. The fraction of sp³-hybridized carbons (Fsp3) is 0.850. The van der Waals surface area contributed by atoms with E-state index in [0.717, 1.165) is 6.42 Å². The molecule has 0 aromatic heterocycles. The number of amidine groups is 1. The van der Waals surface area contributed by atoms with E-state index in [1.807, 2.05) is 6.92 Å². The van der Waals surface area contributed by atoms with Crippen LogP contribution in [-0.4, -0.2) is 52.4 Å². The number of imide groups is 1. The second-order valence-corrected chi connectivity index (χ2v) is 9.84. The quantitative estimate of drug-likeness (QED) is 0.632. The molecule has 1 heterocycles. The highest BCUT2D eigenvalue weighted by molar-refractivity contribution is 6.06. The molecule has 166 valence electrons. The van der Waals surface area contributed by atoms with Crippen LogP contribution >= 0.6 is 0 Å². The van der Waals surface area contributed by atoms with Crippen molar-refractivity contribution in [2.75, 3.05) is 6.61 Å². The third kappa shape index (κ3) is 5.17. The molecule has 0 N–H and O–H groups in total. The molecule has 0 spiro atoms. The molecular formula is C20H32F2N2O5. The van der Waals surface area contributed by atoms with Gasteiger partial charge in [0.05, 0.1) is 0 Å². The zero-order valence-corrected chi connectivity index (χ0v) is 18.5. The second kappa shape index (κ2) is 7.40. The summed E-state index contributed by atoms with van der Waals surface area (Å²) in [6.07, 6.45) is -0.830. The maximum absolute atomic E-state index is 14.8. The highest BCUT2D eigenvalue weighted by Gasteiger charge is 2.65. The molecule has 29 heavy (non-hydrogen) atoms. The lowest BCUT2D eigenvalue weighted by atomic mass is 9.86. The summed E-state index contributed by atoms with van der Waals surface area (Å²) in [6.45, 7) is 12.0. The van der Waals surface area contributed by atoms with Crippen molar-refractivity contribution >= 4 is 18.2 Å². The Morgan fingerprint density at radius 1 is 1.14 bits per heavy atom. The first-order chi connectivity index (χ1) is 13.0. The fourth-order valence-electron chi connectivity index (χ4n) is 3.32. The molecule has 1 aliphatic carbocycles. The number of aliphatic imine (C=N–C) groups is 1. The number of hydrogen-bond donors (Lipinski definition) is 0. The van der Waals surface area contributed by atoms with E-state index in [-0.39, 0.29) is 11.8 Å². The van der Waals surface area contributed by atoms with E-state index in [1.165, 1.54) is 6.92 Å². The van der Waals surface area contributed by atoms with Gasteiger partial charge in [0, 0.05) is 0 Å². The number of nitrogens with zero attached hydrogens (tertiary/aromatic N) is 2. The van der Waals surface area contributed by atoms with Gasteiger partial charge in [-0.25, -0.2) is 23.4 Å². The van der Waals surface area contributed by atoms with Crippen molar-refractivity contribution in [2.45, 2.75) is 90.9 Å². The van der Waals surface area contributed by atoms with Crippen LogP contribution in [0.25, 0.3) is 0 Å². The number of ether oxygens (including phenoxy) is 3. The lowest BCUT2D eigenvalue weighted by Crippen LogP contribution is -2.58. The number of carbonyl (C=O) groups is 2. The van der Waals surface area contributed by atoms with E-state index in [2.05, 4.69) is 4.99 Å². The van der Waals surface area contributed by atoms with Crippen molar-refractivity contribution in [1.29, 1.82) is 0 Å². The van der Waals surface area contributed by atoms with E-state index < -0.39 is 47.5 Å². The molecule has 0 bridgehead atoms. The summed E-state index contributed by atoms with van der Waals surface area (Å²) in [6, 6.07) is -0.524. The van der Waals surface area contributed by atoms with Crippen LogP contribution in [0.15, 0.2) is 4.99 Å². The minimum atomic E-state index is -3.24. The summed E-state index contributed by atoms with van der Waals surface area (Å²) in [7, 11) is 0. The molecule has 3 atom stereocenters. The van der Waals surface area contributed by atoms with E-state index in [9.17, 15) is 18.4 Å². The Labute approximate surface area is 170 Å². The van der Waals surface area contributed by atoms with Crippen LogP contribution in [0.5, 0.6) is 0 Å². The molecule has 0 aromatic rings. The van der Waals surface area contributed by atoms with Crippen molar-refractivity contribution in [1.82, 2.24) is 4.90 Å². The maximum Gasteiger partial charge on any atom is 0.428 e. The lowest BCUT2D eigenvalue weighted by Gasteiger charge is -2.40. The highest BCUT2D eigenvalue weighted by atomic mass is 19.3. The van der Waals surface area contributed by atoms with Gasteiger partial charge in [-0.3, -0.25) is 0 Å². The number of alkyl halides is 2. The number of rotatable bonds is 2. The molecule has 0 unspecified atom stereocenters. The molecule has 0 aromatic carbocycles. The largest absolute Gasteiger partial charge is 0.458 e. The summed E-state index contributed by atoms with van der Waals surface area (Å²) < 4.78 is 45.1. The molecule has 7 nitrogen and oxygen atoms in total. The third-order valence-corrected chi connectivity index (χ3v) is 4.96. The first kappa shape index (κ1) is 23.3. The molecule has 2 rings (SSSR count). The van der Waals surface area contributed by atoms with Crippen molar-refractivity contribution in [3.8, 4) is 0 Å². The average Bonchev–Trinajstić information content (AvgIpc) is 3.28. The Bertz CT molecular complexity index is 668. The maximum atomic E-state index is 14.8. The predicted octanol–water partition coefficient (Wildman–Crippen LogP) is 4.98. The molecule has 9 heteroatoms. The summed E-state index contributed by atoms with van der Waals surface area (Å²) >= 11 is 0. The fourth-order valence-corrected chi connectivity index (χ4v) is 3.32. The van der Waals surface area contributed by atoms with Crippen LogP contribution in [0.4, 0.5) is 18.4 Å². The Balaban J connectivity index is 2.44. The van der Waals surface area contributed by atoms with Gasteiger partial charge in [-0.1, -0.05) is 13.3 Å². The Morgan fingerprint density at radius 2 is 1.62 bits per heavy atom. The molecule has 0 saturated heterocycles. The van der Waals surface area contributed by atoms with E-state index in [1.54, 1.807) is 41.5 Å². The normalized spacial score (nSPS) is 28.7. The Morgan fingerprint density at radius 3 is 2.00 bits per heavy atom. The van der Waals surface area contributed by atoms with Crippen LogP contribution in [0.2, 0.25) is 0 Å². The van der Waals surface area contributed by atoms with Gasteiger partial charge in [0.2, 0.25) is 0 Å². The topological polar surface area (TPSA) is 77.4 Å². The van der Waals surface area contributed by atoms with Crippen molar-refractivity contribution in [3.05, 3.63) is 0 Å². The van der Waals surface area contributed by atoms with Crippen molar-refractivity contribution in [3.63, 3.8) is 0 Å². The van der Waals surface area contributed by atoms with Gasteiger partial charge in [0.15, 0.2) is 6.61 Å². The smallest absolute Gasteiger partial charge is 0.428 e. The number of hydrogen-bond acceptors (Lipinski definition) is 6. The predicted molar refractivity (Wildman–Crippen MR) is 103 cm³/mol. The highest BCUT2D eigenvalue weighted by Crippen LogP contribution is 2.56. The SMILES string of the molecule is CC[C@H]1C[C@@H]1[C@@]1(C)N=C(N(C(=O)OC(C)(C)C)C(=O)OC(C)(C)C)OCC1(F)F. The first-order valence-corrected chi connectivity index (χ1v) is 9.87. The lowest BCUT2D eigenvalue weighted by molar-refractivity contribution is -0.125. The summed E-state index contributed by atoms with van der Waals surface area (Å²) in [5.74, 6) is -3.48. The van der Waals surface area contributed by atoms with Crippen LogP contribution in [0.1, 0.15) is 68.2 Å². The molecule has 2 aliphatic rings. The second-order valence-electron chi connectivity index (χ2n) is 9.84. The molecule has 1 saturated carbocycles. The van der Waals surface area contributed by atoms with E-state index in [4.69, 9.17) is 14.2 Å². The van der Waals surface area contributed by atoms with E-state index >= 15 is 0 Å². The number of carbonyl (C=O) groups excluding carboxylic acids is 2. The zero-order valence-electron chi connectivity index (χ0n) is 18.5. The standard InChI is InChI=1S/C20H32F2N2O5/c1-9-12-10-13(12)19(8)20(21,22)11-27-14(23-19)24(15(25)28-17(2,3)4)16(26)29-18(5,6)7/h12-13H,9-11H2,1-8H3/t12-,13-,19+/m0/s1. The van der Waals surface area contributed by atoms with Crippen LogP contribution < -0.4 is 0 Å². The van der Waals surface area contributed by atoms with Gasteiger partial charge in [0.1, 0.15) is 16.7 Å². The number of amides is 2. The summed E-state index contributed by atoms with van der Waals surface area (Å²) in [5, 5.41) is 0. The minimum Gasteiger partial charge on any atom is -0.458 e. The van der Waals surface area contributed by atoms with E-state index in [0.29, 0.717) is 11.3 Å². The van der Waals surface area contributed by atoms with Gasteiger partial charge < -0.3 is 14.2 Å². The van der Waals surface area contributed by atoms with Crippen LogP contribution in [-0.2, 0) is 14.2 Å². The van der Waals surface area contributed by atoms with Crippen molar-refractivity contribution < 1.29 is 32.6 Å². The average molecular weight is 418 g/mol. The minimum absolute atomic E-state index is 0.116. The van der Waals surface area contributed by atoms with Gasteiger partial charge in [0.25, 0.3) is 0 Å². The first-order valence-electron chi connectivity index (χ1n) is 9.87. The molecule has 0 radical (unpaired) electrons. The third-order valence-electron chi connectivity index (χ3n) is 4.96. The number of halogens is 2. The monoisotopic (exact) mass is 418 g/mol. The molecular weight excluding hydrogens is 386 g/mol. The van der Waals surface area contributed by atoms with Gasteiger partial charge in [-0.05, 0) is 66.7 Å². The Hall–Kier alpha value is -1.93.